The highest BCUT2D eigenvalue weighted by atomic mass is 35.5. The summed E-state index contributed by atoms with van der Waals surface area (Å²) in [5.41, 5.74) is 0.880. The Hall–Kier alpha value is -1.13. The van der Waals surface area contributed by atoms with E-state index in [1.807, 2.05) is 11.0 Å². The molecule has 1 aromatic rings. The molecule has 1 aliphatic heterocycles. The van der Waals surface area contributed by atoms with Crippen LogP contribution < -0.4 is 5.32 Å². The van der Waals surface area contributed by atoms with E-state index < -0.39 is 0 Å². The molecule has 1 aromatic carbocycles. The number of hydrogen-bond acceptors (Lipinski definition) is 2. The van der Waals surface area contributed by atoms with Crippen LogP contribution in [0.15, 0.2) is 24.3 Å². The predicted octanol–water partition coefficient (Wildman–Crippen LogP) is 3.94. The monoisotopic (exact) mass is 342 g/mol. The average Bonchev–Trinajstić information content (AvgIpc) is 2.55. The number of hydrogen-bond donors (Lipinski definition) is 1. The van der Waals surface area contributed by atoms with Crippen LogP contribution in [0.5, 0.6) is 0 Å². The van der Waals surface area contributed by atoms with Gasteiger partial charge in [-0.3, -0.25) is 4.79 Å². The van der Waals surface area contributed by atoms with E-state index >= 15 is 0 Å². The first-order chi connectivity index (χ1) is 10.7. The van der Waals surface area contributed by atoms with Crippen LogP contribution in [0.3, 0.4) is 0 Å². The molecule has 23 heavy (non-hydrogen) atoms. The molecule has 0 bridgehead atoms. The molecule has 0 radical (unpaired) electrons. The highest BCUT2D eigenvalue weighted by Crippen LogP contribution is 2.26. The van der Waals surface area contributed by atoms with Gasteiger partial charge in [-0.2, -0.15) is 0 Å². The number of carbonyl (C=O) groups is 1. The van der Waals surface area contributed by atoms with E-state index in [2.05, 4.69) is 19.2 Å². The van der Waals surface area contributed by atoms with Gasteiger partial charge in [-0.25, -0.2) is 4.39 Å². The number of carbonyl (C=O) groups excluding carboxylic acids is 1. The van der Waals surface area contributed by atoms with Gasteiger partial charge in [-0.15, -0.1) is 12.4 Å². The fourth-order valence-electron chi connectivity index (χ4n) is 3.17. The smallest absolute Gasteiger partial charge is 0.226 e. The Balaban J connectivity index is 0.00000264. The minimum absolute atomic E-state index is 0. The maximum atomic E-state index is 13.5. The molecule has 1 fully saturated rings. The van der Waals surface area contributed by atoms with Gasteiger partial charge in [-0.05, 0) is 30.5 Å². The average molecular weight is 343 g/mol. The second-order valence-corrected chi connectivity index (χ2v) is 6.05. The Labute approximate surface area is 145 Å². The van der Waals surface area contributed by atoms with Crippen LogP contribution >= 0.6 is 12.4 Å². The molecule has 1 N–H and O–H groups in total. The Morgan fingerprint density at radius 2 is 2.22 bits per heavy atom. The van der Waals surface area contributed by atoms with Crippen LogP contribution in [0.2, 0.25) is 0 Å². The summed E-state index contributed by atoms with van der Waals surface area (Å²) in [7, 11) is 0. The van der Waals surface area contributed by atoms with Crippen molar-refractivity contribution in [2.45, 2.75) is 45.6 Å². The van der Waals surface area contributed by atoms with E-state index in [1.54, 1.807) is 12.1 Å². The number of halogens is 2. The third kappa shape index (κ3) is 5.18. The van der Waals surface area contributed by atoms with Crippen molar-refractivity contribution in [3.05, 3.63) is 35.6 Å². The van der Waals surface area contributed by atoms with E-state index in [1.165, 1.54) is 6.07 Å². The summed E-state index contributed by atoms with van der Waals surface area (Å²) in [6, 6.07) is 6.56. The second kappa shape index (κ2) is 9.89. The molecule has 1 aliphatic rings. The molecule has 1 heterocycles. The van der Waals surface area contributed by atoms with Crippen LogP contribution in [-0.4, -0.2) is 30.4 Å². The van der Waals surface area contributed by atoms with Gasteiger partial charge < -0.3 is 10.2 Å². The van der Waals surface area contributed by atoms with Crippen molar-refractivity contribution in [1.29, 1.82) is 0 Å². The molecular weight excluding hydrogens is 315 g/mol. The number of nitrogens with one attached hydrogen (secondary N) is 1. The largest absolute Gasteiger partial charge is 0.333 e. The van der Waals surface area contributed by atoms with Crippen molar-refractivity contribution in [3.63, 3.8) is 0 Å². The molecule has 1 amide bonds. The first-order valence-electron chi connectivity index (χ1n) is 8.44. The third-order valence-electron chi connectivity index (χ3n) is 4.51. The first kappa shape index (κ1) is 19.9. The normalized spacial score (nSPS) is 19.1. The summed E-state index contributed by atoms with van der Waals surface area (Å²) in [5, 5.41) is 3.32. The van der Waals surface area contributed by atoms with Crippen LogP contribution in [0.4, 0.5) is 4.39 Å². The third-order valence-corrected chi connectivity index (χ3v) is 4.51. The number of amides is 1. The summed E-state index contributed by atoms with van der Waals surface area (Å²) in [4.78, 5) is 14.9. The fraction of sp³-hybridized carbons (Fsp3) is 0.611. The topological polar surface area (TPSA) is 32.3 Å². The number of nitrogens with zero attached hydrogens (tertiary/aromatic N) is 1. The molecule has 3 nitrogen and oxygen atoms in total. The SMILES string of the molecule is CCCCC(CC)C(=O)N1CCNCC1c1cccc(F)c1.Cl. The molecule has 130 valence electrons. The Morgan fingerprint density at radius 3 is 2.87 bits per heavy atom. The summed E-state index contributed by atoms with van der Waals surface area (Å²) in [5.74, 6) is 0.0781. The van der Waals surface area contributed by atoms with Gasteiger partial charge in [0.1, 0.15) is 5.82 Å². The summed E-state index contributed by atoms with van der Waals surface area (Å²) < 4.78 is 13.5. The maximum absolute atomic E-state index is 13.5. The Bertz CT molecular complexity index is 498. The van der Waals surface area contributed by atoms with E-state index in [-0.39, 0.29) is 36.1 Å². The lowest BCUT2D eigenvalue weighted by atomic mass is 9.95. The molecule has 0 saturated carbocycles. The molecule has 1 saturated heterocycles. The quantitative estimate of drug-likeness (QED) is 0.849. The highest BCUT2D eigenvalue weighted by Gasteiger charge is 2.31. The summed E-state index contributed by atoms with van der Waals surface area (Å²) in [6.45, 7) is 6.43. The van der Waals surface area contributed by atoms with Crippen LogP contribution in [0.1, 0.15) is 51.1 Å². The molecule has 2 rings (SSSR count). The lowest BCUT2D eigenvalue weighted by Crippen LogP contribution is -2.50. The lowest BCUT2D eigenvalue weighted by molar-refractivity contribution is -0.139. The van der Waals surface area contributed by atoms with Crippen LogP contribution in [0, 0.1) is 11.7 Å². The van der Waals surface area contributed by atoms with Gasteiger partial charge in [0.15, 0.2) is 0 Å². The summed E-state index contributed by atoms with van der Waals surface area (Å²) >= 11 is 0. The summed E-state index contributed by atoms with van der Waals surface area (Å²) in [6.07, 6.45) is 4.02. The van der Waals surface area contributed by atoms with Crippen molar-refractivity contribution in [2.24, 2.45) is 5.92 Å². The van der Waals surface area contributed by atoms with E-state index in [0.717, 1.165) is 37.8 Å². The number of rotatable bonds is 6. The van der Waals surface area contributed by atoms with Gasteiger partial charge in [0.25, 0.3) is 0 Å². The number of piperazine rings is 1. The van der Waals surface area contributed by atoms with Gasteiger partial charge >= 0.3 is 0 Å². The van der Waals surface area contributed by atoms with E-state index in [0.29, 0.717) is 13.1 Å². The molecule has 2 atom stereocenters. The van der Waals surface area contributed by atoms with E-state index in [4.69, 9.17) is 0 Å². The zero-order valence-corrected chi connectivity index (χ0v) is 14.9. The Kier molecular flexibility index (Phi) is 8.56. The van der Waals surface area contributed by atoms with Crippen LogP contribution in [0.25, 0.3) is 0 Å². The van der Waals surface area contributed by atoms with Crippen molar-refractivity contribution < 1.29 is 9.18 Å². The van der Waals surface area contributed by atoms with Gasteiger partial charge in [-0.1, -0.05) is 38.8 Å². The minimum Gasteiger partial charge on any atom is -0.333 e. The molecular formula is C18H28ClFN2O. The van der Waals surface area contributed by atoms with Crippen LogP contribution in [-0.2, 0) is 4.79 Å². The van der Waals surface area contributed by atoms with Gasteiger partial charge in [0, 0.05) is 25.6 Å². The van der Waals surface area contributed by atoms with Gasteiger partial charge in [0.05, 0.1) is 6.04 Å². The van der Waals surface area contributed by atoms with Crippen molar-refractivity contribution >= 4 is 18.3 Å². The molecule has 2 unspecified atom stereocenters. The lowest BCUT2D eigenvalue weighted by Gasteiger charge is -2.38. The number of benzene rings is 1. The maximum Gasteiger partial charge on any atom is 0.226 e. The highest BCUT2D eigenvalue weighted by molar-refractivity contribution is 5.85. The Morgan fingerprint density at radius 1 is 1.43 bits per heavy atom. The molecule has 5 heteroatoms. The van der Waals surface area contributed by atoms with Gasteiger partial charge in [0.2, 0.25) is 5.91 Å². The minimum atomic E-state index is -0.242. The van der Waals surface area contributed by atoms with Crippen molar-refractivity contribution in [2.75, 3.05) is 19.6 Å². The molecule has 0 spiro atoms. The fourth-order valence-corrected chi connectivity index (χ4v) is 3.17. The second-order valence-electron chi connectivity index (χ2n) is 6.05. The van der Waals surface area contributed by atoms with E-state index in [9.17, 15) is 9.18 Å². The van der Waals surface area contributed by atoms with Crippen molar-refractivity contribution in [1.82, 2.24) is 10.2 Å². The molecule has 0 aromatic heterocycles. The number of unbranched alkanes of at least 4 members (excludes halogenated alkanes) is 1. The standard InChI is InChI=1S/C18H27FN2O.ClH/c1-3-5-7-14(4-2)18(22)21-11-10-20-13-17(21)15-8-6-9-16(19)12-15;/h6,8-9,12,14,17,20H,3-5,7,10-11,13H2,1-2H3;1H. The predicted molar refractivity (Wildman–Crippen MR) is 94.3 cm³/mol. The zero-order valence-electron chi connectivity index (χ0n) is 14.1. The van der Waals surface area contributed by atoms with Crippen molar-refractivity contribution in [3.8, 4) is 0 Å². The molecule has 0 aliphatic carbocycles. The zero-order chi connectivity index (χ0) is 15.9. The first-order valence-corrected chi connectivity index (χ1v) is 8.44.